The van der Waals surface area contributed by atoms with E-state index < -0.39 is 0 Å². The SMILES string of the molecule is C1COC2(C1)CNC2.CC. The fourth-order valence-electron chi connectivity index (χ4n) is 1.44. The van der Waals surface area contributed by atoms with E-state index >= 15 is 0 Å². The maximum atomic E-state index is 5.51. The molecule has 0 aromatic carbocycles. The minimum atomic E-state index is 0.306. The highest BCUT2D eigenvalue weighted by Crippen LogP contribution is 2.28. The Morgan fingerprint density at radius 2 is 2.00 bits per heavy atom. The Hall–Kier alpha value is -0.0800. The topological polar surface area (TPSA) is 21.3 Å². The first-order valence-corrected chi connectivity index (χ1v) is 4.26. The molecule has 0 aliphatic carbocycles. The lowest BCUT2D eigenvalue weighted by atomic mass is 9.94. The van der Waals surface area contributed by atoms with Crippen LogP contribution in [0, 0.1) is 0 Å². The molecule has 60 valence electrons. The third kappa shape index (κ3) is 1.32. The second-order valence-electron chi connectivity index (χ2n) is 2.74. The summed E-state index contributed by atoms with van der Waals surface area (Å²) in [5.74, 6) is 0. The Balaban J connectivity index is 0.000000231. The van der Waals surface area contributed by atoms with Crippen LogP contribution in [0.5, 0.6) is 0 Å². The second-order valence-corrected chi connectivity index (χ2v) is 2.74. The van der Waals surface area contributed by atoms with Gasteiger partial charge in [-0.15, -0.1) is 0 Å². The lowest BCUT2D eigenvalue weighted by Crippen LogP contribution is -2.58. The van der Waals surface area contributed by atoms with Gasteiger partial charge in [0, 0.05) is 19.7 Å². The number of hydrogen-bond donors (Lipinski definition) is 1. The van der Waals surface area contributed by atoms with E-state index in [9.17, 15) is 0 Å². The summed E-state index contributed by atoms with van der Waals surface area (Å²) >= 11 is 0. The largest absolute Gasteiger partial charge is 0.372 e. The molecule has 2 heterocycles. The molecule has 2 heteroatoms. The van der Waals surface area contributed by atoms with Crippen molar-refractivity contribution >= 4 is 0 Å². The van der Waals surface area contributed by atoms with E-state index in [0.29, 0.717) is 5.60 Å². The van der Waals surface area contributed by atoms with Crippen molar-refractivity contribution in [2.24, 2.45) is 0 Å². The van der Waals surface area contributed by atoms with E-state index in [1.165, 1.54) is 12.8 Å². The third-order valence-electron chi connectivity index (χ3n) is 2.08. The third-order valence-corrected chi connectivity index (χ3v) is 2.08. The molecule has 1 spiro atoms. The average Bonchev–Trinajstić information content (AvgIpc) is 2.38. The summed E-state index contributed by atoms with van der Waals surface area (Å²) < 4.78 is 5.51. The highest BCUT2D eigenvalue weighted by Gasteiger charge is 2.40. The average molecular weight is 143 g/mol. The standard InChI is InChI=1S/C6H11NO.C2H6/c1-2-6(8-3-1)4-7-5-6;1-2/h7H,1-5H2;1-2H3. The van der Waals surface area contributed by atoms with Crippen molar-refractivity contribution < 1.29 is 4.74 Å². The van der Waals surface area contributed by atoms with E-state index in [4.69, 9.17) is 4.74 Å². The Morgan fingerprint density at radius 3 is 2.20 bits per heavy atom. The lowest BCUT2D eigenvalue weighted by Gasteiger charge is -2.37. The first-order chi connectivity index (χ1) is 4.91. The molecule has 2 rings (SSSR count). The number of nitrogens with one attached hydrogen (secondary N) is 1. The van der Waals surface area contributed by atoms with Crippen molar-refractivity contribution in [2.75, 3.05) is 19.7 Å². The van der Waals surface area contributed by atoms with Gasteiger partial charge < -0.3 is 10.1 Å². The van der Waals surface area contributed by atoms with Gasteiger partial charge in [0.2, 0.25) is 0 Å². The highest BCUT2D eigenvalue weighted by molar-refractivity contribution is 4.96. The van der Waals surface area contributed by atoms with Gasteiger partial charge in [-0.3, -0.25) is 0 Å². The minimum Gasteiger partial charge on any atom is -0.372 e. The molecular formula is C8H17NO. The van der Waals surface area contributed by atoms with Gasteiger partial charge in [0.15, 0.2) is 0 Å². The quantitative estimate of drug-likeness (QED) is 0.549. The van der Waals surface area contributed by atoms with Gasteiger partial charge in [-0.25, -0.2) is 0 Å². The highest BCUT2D eigenvalue weighted by atomic mass is 16.5. The zero-order chi connectivity index (χ0) is 7.45. The number of hydrogen-bond acceptors (Lipinski definition) is 2. The zero-order valence-corrected chi connectivity index (χ0v) is 6.94. The predicted molar refractivity (Wildman–Crippen MR) is 42.1 cm³/mol. The Morgan fingerprint density at radius 1 is 1.30 bits per heavy atom. The van der Waals surface area contributed by atoms with Crippen molar-refractivity contribution in [1.29, 1.82) is 0 Å². The summed E-state index contributed by atoms with van der Waals surface area (Å²) in [6, 6.07) is 0. The second kappa shape index (κ2) is 3.35. The van der Waals surface area contributed by atoms with E-state index in [1.807, 2.05) is 13.8 Å². The van der Waals surface area contributed by atoms with Gasteiger partial charge in [-0.1, -0.05) is 13.8 Å². The Labute approximate surface area is 63.0 Å². The molecule has 0 aromatic heterocycles. The van der Waals surface area contributed by atoms with Crippen LogP contribution in [0.25, 0.3) is 0 Å². The van der Waals surface area contributed by atoms with Crippen molar-refractivity contribution in [2.45, 2.75) is 32.3 Å². The summed E-state index contributed by atoms with van der Waals surface area (Å²) in [6.07, 6.45) is 2.54. The van der Waals surface area contributed by atoms with Gasteiger partial charge in [0.25, 0.3) is 0 Å². The first kappa shape index (κ1) is 8.02. The molecule has 2 aliphatic rings. The van der Waals surface area contributed by atoms with Crippen LogP contribution in [0.2, 0.25) is 0 Å². The summed E-state index contributed by atoms with van der Waals surface area (Å²) in [6.45, 7) is 7.17. The Bertz CT molecular complexity index is 91.4. The van der Waals surface area contributed by atoms with Gasteiger partial charge in [-0.05, 0) is 12.8 Å². The smallest absolute Gasteiger partial charge is 0.0930 e. The maximum absolute atomic E-state index is 5.51. The molecule has 2 saturated heterocycles. The molecule has 2 fully saturated rings. The van der Waals surface area contributed by atoms with Crippen molar-refractivity contribution in [1.82, 2.24) is 5.32 Å². The van der Waals surface area contributed by atoms with E-state index in [1.54, 1.807) is 0 Å². The van der Waals surface area contributed by atoms with Gasteiger partial charge >= 0.3 is 0 Å². The molecule has 1 N–H and O–H groups in total. The summed E-state index contributed by atoms with van der Waals surface area (Å²) in [4.78, 5) is 0. The van der Waals surface area contributed by atoms with Crippen LogP contribution >= 0.6 is 0 Å². The molecule has 0 aromatic rings. The molecule has 0 unspecified atom stereocenters. The molecule has 0 saturated carbocycles. The van der Waals surface area contributed by atoms with Crippen LogP contribution < -0.4 is 5.32 Å². The van der Waals surface area contributed by atoms with Gasteiger partial charge in [-0.2, -0.15) is 0 Å². The summed E-state index contributed by atoms with van der Waals surface area (Å²) in [5.41, 5.74) is 0.306. The van der Waals surface area contributed by atoms with Crippen LogP contribution in [0.15, 0.2) is 0 Å². The first-order valence-electron chi connectivity index (χ1n) is 4.26. The molecule has 0 amide bonds. The predicted octanol–water partition coefficient (Wildman–Crippen LogP) is 1.16. The molecular weight excluding hydrogens is 126 g/mol. The van der Waals surface area contributed by atoms with E-state index in [2.05, 4.69) is 5.32 Å². The summed E-state index contributed by atoms with van der Waals surface area (Å²) in [5, 5.41) is 3.22. The molecule has 0 bridgehead atoms. The van der Waals surface area contributed by atoms with E-state index in [-0.39, 0.29) is 0 Å². The zero-order valence-electron chi connectivity index (χ0n) is 6.94. The molecule has 10 heavy (non-hydrogen) atoms. The normalized spacial score (nSPS) is 27.0. The van der Waals surface area contributed by atoms with Crippen LogP contribution in [0.1, 0.15) is 26.7 Å². The fourth-order valence-corrected chi connectivity index (χ4v) is 1.44. The van der Waals surface area contributed by atoms with Crippen molar-refractivity contribution in [3.63, 3.8) is 0 Å². The lowest BCUT2D eigenvalue weighted by molar-refractivity contribution is -0.0358. The number of ether oxygens (including phenoxy) is 1. The fraction of sp³-hybridized carbons (Fsp3) is 1.00. The summed E-state index contributed by atoms with van der Waals surface area (Å²) in [7, 11) is 0. The van der Waals surface area contributed by atoms with Crippen LogP contribution in [0.4, 0.5) is 0 Å². The molecule has 2 nitrogen and oxygen atoms in total. The minimum absolute atomic E-state index is 0.306. The maximum Gasteiger partial charge on any atom is 0.0930 e. The van der Waals surface area contributed by atoms with Crippen LogP contribution in [0.3, 0.4) is 0 Å². The van der Waals surface area contributed by atoms with Crippen LogP contribution in [-0.2, 0) is 4.74 Å². The Kier molecular flexibility index (Phi) is 2.69. The van der Waals surface area contributed by atoms with Crippen molar-refractivity contribution in [3.05, 3.63) is 0 Å². The van der Waals surface area contributed by atoms with E-state index in [0.717, 1.165) is 19.7 Å². The van der Waals surface area contributed by atoms with Gasteiger partial charge in [0.05, 0.1) is 5.60 Å². The number of rotatable bonds is 0. The van der Waals surface area contributed by atoms with Gasteiger partial charge in [0.1, 0.15) is 0 Å². The molecule has 0 radical (unpaired) electrons. The van der Waals surface area contributed by atoms with Crippen LogP contribution in [-0.4, -0.2) is 25.3 Å². The van der Waals surface area contributed by atoms with Crippen molar-refractivity contribution in [3.8, 4) is 0 Å². The monoisotopic (exact) mass is 143 g/mol. The molecule has 2 aliphatic heterocycles. The molecule has 0 atom stereocenters.